The highest BCUT2D eigenvalue weighted by Gasteiger charge is 2.24. The Morgan fingerprint density at radius 3 is 2.94 bits per heavy atom. The Kier molecular flexibility index (Phi) is 2.97. The van der Waals surface area contributed by atoms with Crippen molar-refractivity contribution in [3.8, 4) is 11.5 Å². The predicted molar refractivity (Wildman–Crippen MR) is 54.9 cm³/mol. The van der Waals surface area contributed by atoms with E-state index in [9.17, 15) is 14.7 Å². The lowest BCUT2D eigenvalue weighted by molar-refractivity contribution is -0.150. The molecule has 0 fully saturated rings. The van der Waals surface area contributed by atoms with E-state index in [1.54, 1.807) is 0 Å². The summed E-state index contributed by atoms with van der Waals surface area (Å²) >= 11 is 0. The molecule has 1 aliphatic heterocycles. The van der Waals surface area contributed by atoms with Gasteiger partial charge in [0.1, 0.15) is 0 Å². The molecular weight excluding hydrogens is 228 g/mol. The van der Waals surface area contributed by atoms with E-state index in [0.29, 0.717) is 17.8 Å². The average Bonchev–Trinajstić information content (AvgIpc) is 2.83. The van der Waals surface area contributed by atoms with Gasteiger partial charge in [-0.2, -0.15) is 0 Å². The molecule has 0 amide bonds. The van der Waals surface area contributed by atoms with Crippen molar-refractivity contribution in [2.75, 3.05) is 13.9 Å². The lowest BCUT2D eigenvalue weighted by atomic mass is 10.0. The first-order valence-electron chi connectivity index (χ1n) is 4.82. The Morgan fingerprint density at radius 2 is 2.29 bits per heavy atom. The summed E-state index contributed by atoms with van der Waals surface area (Å²) < 4.78 is 14.6. The number of hydrogen-bond donors (Lipinski definition) is 1. The van der Waals surface area contributed by atoms with Crippen LogP contribution < -0.4 is 9.47 Å². The lowest BCUT2D eigenvalue weighted by Crippen LogP contribution is -2.13. The molecule has 1 aliphatic rings. The molecule has 1 N–H and O–H groups in total. The van der Waals surface area contributed by atoms with Gasteiger partial charge < -0.3 is 19.3 Å². The van der Waals surface area contributed by atoms with Gasteiger partial charge in [0.2, 0.25) is 6.79 Å². The summed E-state index contributed by atoms with van der Waals surface area (Å²) in [7, 11) is 1.17. The van der Waals surface area contributed by atoms with Crippen LogP contribution in [0.4, 0.5) is 0 Å². The number of aliphatic hydroxyl groups excluding tert-OH is 1. The molecule has 1 heterocycles. The highest BCUT2D eigenvalue weighted by Crippen LogP contribution is 2.37. The minimum absolute atomic E-state index is 0.00788. The molecule has 2 rings (SSSR count). The van der Waals surface area contributed by atoms with Gasteiger partial charge >= 0.3 is 5.97 Å². The van der Waals surface area contributed by atoms with Crippen LogP contribution >= 0.6 is 0 Å². The van der Waals surface area contributed by atoms with Gasteiger partial charge in [-0.15, -0.1) is 0 Å². The van der Waals surface area contributed by atoms with Crippen molar-refractivity contribution in [3.63, 3.8) is 0 Å². The molecule has 1 aromatic carbocycles. The molecule has 0 spiro atoms. The van der Waals surface area contributed by atoms with Crippen LogP contribution in [0.2, 0.25) is 0 Å². The smallest absolute Gasteiger partial charge is 0.339 e. The largest absolute Gasteiger partial charge is 0.467 e. The number of ether oxygens (including phenoxy) is 3. The molecule has 0 aliphatic carbocycles. The zero-order valence-electron chi connectivity index (χ0n) is 9.00. The van der Waals surface area contributed by atoms with E-state index < -0.39 is 12.1 Å². The van der Waals surface area contributed by atoms with Gasteiger partial charge in [-0.1, -0.05) is 0 Å². The molecule has 1 aromatic rings. The summed E-state index contributed by atoms with van der Waals surface area (Å²) in [6, 6.07) is 2.80. The second-order valence-corrected chi connectivity index (χ2v) is 3.39. The maximum absolute atomic E-state index is 11.2. The van der Waals surface area contributed by atoms with Crippen LogP contribution in [0.1, 0.15) is 22.0 Å². The number of fused-ring (bicyclic) bond motifs is 1. The van der Waals surface area contributed by atoms with E-state index in [0.717, 1.165) is 0 Å². The van der Waals surface area contributed by atoms with Gasteiger partial charge in [0.15, 0.2) is 23.9 Å². The fraction of sp³-hybridized carbons (Fsp3) is 0.273. The van der Waals surface area contributed by atoms with Crippen LogP contribution in [0.3, 0.4) is 0 Å². The van der Waals surface area contributed by atoms with Crippen molar-refractivity contribution in [2.45, 2.75) is 6.10 Å². The van der Waals surface area contributed by atoms with Gasteiger partial charge in [0, 0.05) is 0 Å². The SMILES string of the molecule is COC(=O)C(O)c1cc(C=O)c2c(c1)OCO2. The molecule has 1 atom stereocenters. The zero-order chi connectivity index (χ0) is 12.4. The Hall–Kier alpha value is -2.08. The highest BCUT2D eigenvalue weighted by atomic mass is 16.7. The van der Waals surface area contributed by atoms with Crippen LogP contribution in [-0.4, -0.2) is 31.3 Å². The molecule has 17 heavy (non-hydrogen) atoms. The molecule has 6 heteroatoms. The van der Waals surface area contributed by atoms with Gasteiger partial charge in [-0.25, -0.2) is 4.79 Å². The van der Waals surface area contributed by atoms with Crippen molar-refractivity contribution < 1.29 is 28.9 Å². The number of methoxy groups -OCH3 is 1. The van der Waals surface area contributed by atoms with Crippen molar-refractivity contribution in [2.24, 2.45) is 0 Å². The number of carbonyl (C=O) groups is 2. The normalized spacial score (nSPS) is 14.2. The van der Waals surface area contributed by atoms with Crippen molar-refractivity contribution in [1.29, 1.82) is 0 Å². The molecule has 1 unspecified atom stereocenters. The maximum Gasteiger partial charge on any atom is 0.339 e. The summed E-state index contributed by atoms with van der Waals surface area (Å²) in [6.45, 7) is 0.00788. The van der Waals surface area contributed by atoms with Crippen LogP contribution in [0.5, 0.6) is 11.5 Å². The van der Waals surface area contributed by atoms with E-state index in [1.165, 1.54) is 19.2 Å². The van der Waals surface area contributed by atoms with Gasteiger partial charge in [-0.05, 0) is 17.7 Å². The highest BCUT2D eigenvalue weighted by molar-refractivity contribution is 5.84. The number of esters is 1. The first-order chi connectivity index (χ1) is 8.17. The number of aldehydes is 1. The Bertz CT molecular complexity index is 467. The minimum atomic E-state index is -1.45. The molecule has 90 valence electrons. The van der Waals surface area contributed by atoms with E-state index >= 15 is 0 Å². The molecule has 6 nitrogen and oxygen atoms in total. The van der Waals surface area contributed by atoms with Crippen LogP contribution in [0, 0.1) is 0 Å². The van der Waals surface area contributed by atoms with Crippen LogP contribution in [-0.2, 0) is 9.53 Å². The Balaban J connectivity index is 2.43. The van der Waals surface area contributed by atoms with Crippen molar-refractivity contribution in [1.82, 2.24) is 0 Å². The van der Waals surface area contributed by atoms with Gasteiger partial charge in [-0.3, -0.25) is 4.79 Å². The third-order valence-corrected chi connectivity index (χ3v) is 2.39. The second kappa shape index (κ2) is 4.42. The summed E-state index contributed by atoms with van der Waals surface area (Å²) in [5, 5.41) is 9.65. The summed E-state index contributed by atoms with van der Waals surface area (Å²) in [6.07, 6.45) is -0.880. The quantitative estimate of drug-likeness (QED) is 0.607. The van der Waals surface area contributed by atoms with Crippen LogP contribution in [0.25, 0.3) is 0 Å². The number of hydrogen-bond acceptors (Lipinski definition) is 6. The summed E-state index contributed by atoms with van der Waals surface area (Å²) in [5.41, 5.74) is 0.446. The fourth-order valence-electron chi connectivity index (χ4n) is 1.55. The van der Waals surface area contributed by atoms with Crippen molar-refractivity contribution in [3.05, 3.63) is 23.3 Å². The number of rotatable bonds is 3. The summed E-state index contributed by atoms with van der Waals surface area (Å²) in [5.74, 6) is -0.158. The van der Waals surface area contributed by atoms with Crippen molar-refractivity contribution >= 4 is 12.3 Å². The molecular formula is C11H10O6. The Morgan fingerprint density at radius 1 is 1.53 bits per heavy atom. The molecule has 0 saturated carbocycles. The number of aliphatic hydroxyl groups is 1. The van der Waals surface area contributed by atoms with E-state index in [1.807, 2.05) is 0 Å². The fourth-order valence-corrected chi connectivity index (χ4v) is 1.55. The third-order valence-electron chi connectivity index (χ3n) is 2.39. The van der Waals surface area contributed by atoms with E-state index in [2.05, 4.69) is 4.74 Å². The molecule has 0 bridgehead atoms. The zero-order valence-corrected chi connectivity index (χ0v) is 9.00. The molecule has 0 saturated heterocycles. The minimum Gasteiger partial charge on any atom is -0.467 e. The molecule has 0 radical (unpaired) electrons. The van der Waals surface area contributed by atoms with Crippen LogP contribution in [0.15, 0.2) is 12.1 Å². The molecule has 0 aromatic heterocycles. The number of carbonyl (C=O) groups excluding carboxylic acids is 2. The predicted octanol–water partition coefficient (Wildman–Crippen LogP) is 0.434. The monoisotopic (exact) mass is 238 g/mol. The topological polar surface area (TPSA) is 82.1 Å². The van der Waals surface area contributed by atoms with E-state index in [4.69, 9.17) is 9.47 Å². The standard InChI is InChI=1S/C11H10O6/c1-15-11(14)9(13)6-2-7(4-12)10-8(3-6)16-5-17-10/h2-4,9,13H,5H2,1H3. The first kappa shape index (κ1) is 11.4. The maximum atomic E-state index is 11.2. The second-order valence-electron chi connectivity index (χ2n) is 3.39. The first-order valence-corrected chi connectivity index (χ1v) is 4.82. The van der Waals surface area contributed by atoms with E-state index in [-0.39, 0.29) is 17.9 Å². The van der Waals surface area contributed by atoms with Gasteiger partial charge in [0.25, 0.3) is 0 Å². The average molecular weight is 238 g/mol. The lowest BCUT2D eigenvalue weighted by Gasteiger charge is -2.10. The Labute approximate surface area is 96.7 Å². The van der Waals surface area contributed by atoms with Gasteiger partial charge in [0.05, 0.1) is 12.7 Å². The third kappa shape index (κ3) is 1.94. The number of benzene rings is 1. The summed E-state index contributed by atoms with van der Waals surface area (Å²) in [4.78, 5) is 22.0.